The molecule has 2 bridgehead atoms. The highest BCUT2D eigenvalue weighted by atomic mass is 35.5. The van der Waals surface area contributed by atoms with Crippen LogP contribution < -0.4 is 17.3 Å². The average molecular weight is 314 g/mol. The molecule has 1 nitrogen and oxygen atoms in total. The first kappa shape index (κ1) is 16.1. The van der Waals surface area contributed by atoms with E-state index in [1.165, 1.54) is 37.8 Å². The molecule has 0 aliphatic heterocycles. The van der Waals surface area contributed by atoms with Gasteiger partial charge in [0.2, 0.25) is 0 Å². The van der Waals surface area contributed by atoms with Crippen molar-refractivity contribution in [2.24, 2.45) is 17.8 Å². The van der Waals surface area contributed by atoms with Gasteiger partial charge in [0.05, 0.1) is 20.6 Å². The van der Waals surface area contributed by atoms with Crippen LogP contribution in [0, 0.1) is 17.8 Å². The third-order valence-corrected chi connectivity index (χ3v) is 5.50. The average Bonchev–Trinajstić information content (AvgIpc) is 2.39. The number of halogens is 2. The van der Waals surface area contributed by atoms with Crippen molar-refractivity contribution < 1.29 is 17.3 Å². The second kappa shape index (κ2) is 6.68. The number of nitrogens with one attached hydrogen (secondary N) is 1. The fourth-order valence-corrected chi connectivity index (χ4v) is 4.77. The van der Waals surface area contributed by atoms with Crippen LogP contribution in [-0.4, -0.2) is 20.6 Å². The van der Waals surface area contributed by atoms with E-state index in [4.69, 9.17) is 11.6 Å². The first-order valence-electron chi connectivity index (χ1n) is 7.69. The topological polar surface area (TPSA) is 4.44 Å². The lowest BCUT2D eigenvalue weighted by Gasteiger charge is -2.49. The molecule has 0 radical (unpaired) electrons. The van der Waals surface area contributed by atoms with E-state index in [0.29, 0.717) is 0 Å². The Balaban J connectivity index is 0.00000147. The zero-order valence-corrected chi connectivity index (χ0v) is 13.9. The van der Waals surface area contributed by atoms with E-state index < -0.39 is 0 Å². The maximum absolute atomic E-state index is 6.21. The van der Waals surface area contributed by atoms with Crippen LogP contribution in [0.5, 0.6) is 0 Å². The number of hydrogen-bond acceptors (Lipinski definition) is 0. The standard InChI is InChI=1S/C17H24ClN.ClH/c1-19(2)11-16-12-6-8-13(9-7-12)17(16)14-4-3-5-15(18)10-14;/h3-5,10,12-13,16-17H,6-9,11H2,1-2H3;1H/t12?,13?,16-,17+;/m0./s1. The van der Waals surface area contributed by atoms with E-state index in [1.54, 1.807) is 4.90 Å². The summed E-state index contributed by atoms with van der Waals surface area (Å²) in [6.07, 6.45) is 5.78. The molecule has 0 spiro atoms. The highest BCUT2D eigenvalue weighted by Crippen LogP contribution is 2.53. The number of quaternary nitrogens is 1. The van der Waals surface area contributed by atoms with Crippen LogP contribution in [0.25, 0.3) is 0 Å². The van der Waals surface area contributed by atoms with E-state index >= 15 is 0 Å². The Bertz CT molecular complexity index is 438. The Morgan fingerprint density at radius 3 is 2.35 bits per heavy atom. The molecule has 0 heterocycles. The monoisotopic (exact) mass is 313 g/mol. The van der Waals surface area contributed by atoms with E-state index in [-0.39, 0.29) is 12.4 Å². The molecule has 3 fully saturated rings. The van der Waals surface area contributed by atoms with Crippen LogP contribution in [0.15, 0.2) is 24.3 Å². The van der Waals surface area contributed by atoms with Crippen molar-refractivity contribution in [3.05, 3.63) is 34.9 Å². The Kier molecular flexibility index (Phi) is 5.39. The molecule has 3 aliphatic rings. The molecule has 1 aromatic carbocycles. The molecule has 0 amide bonds. The Morgan fingerprint density at radius 1 is 1.10 bits per heavy atom. The summed E-state index contributed by atoms with van der Waals surface area (Å²) in [6, 6.07) is 8.64. The van der Waals surface area contributed by atoms with Gasteiger partial charge in [-0.3, -0.25) is 0 Å². The first-order valence-corrected chi connectivity index (χ1v) is 8.07. The summed E-state index contributed by atoms with van der Waals surface area (Å²) in [5.74, 6) is 3.45. The van der Waals surface area contributed by atoms with Gasteiger partial charge >= 0.3 is 0 Å². The summed E-state index contributed by atoms with van der Waals surface area (Å²) < 4.78 is 0. The van der Waals surface area contributed by atoms with Crippen molar-refractivity contribution in [3.63, 3.8) is 0 Å². The summed E-state index contributed by atoms with van der Waals surface area (Å²) in [5.41, 5.74) is 1.49. The van der Waals surface area contributed by atoms with Gasteiger partial charge in [0.25, 0.3) is 0 Å². The molecule has 112 valence electrons. The maximum Gasteiger partial charge on any atom is 0.0804 e. The summed E-state index contributed by atoms with van der Waals surface area (Å²) in [4.78, 5) is 1.59. The minimum atomic E-state index is 0. The minimum absolute atomic E-state index is 0. The molecule has 4 rings (SSSR count). The van der Waals surface area contributed by atoms with Crippen LogP contribution in [0.3, 0.4) is 0 Å². The predicted molar refractivity (Wildman–Crippen MR) is 80.8 cm³/mol. The second-order valence-corrected chi connectivity index (χ2v) is 7.27. The molecular formula is C17H25Cl2N. The minimum Gasteiger partial charge on any atom is -1.00 e. The summed E-state index contributed by atoms with van der Waals surface area (Å²) >= 11 is 6.21. The molecule has 2 atom stereocenters. The van der Waals surface area contributed by atoms with Gasteiger partial charge in [-0.25, -0.2) is 0 Å². The summed E-state index contributed by atoms with van der Waals surface area (Å²) in [5, 5.41) is 0.898. The molecule has 20 heavy (non-hydrogen) atoms. The Morgan fingerprint density at radius 2 is 1.75 bits per heavy atom. The smallest absolute Gasteiger partial charge is 0.0804 e. The van der Waals surface area contributed by atoms with Crippen LogP contribution in [-0.2, 0) is 0 Å². The number of hydrogen-bond donors (Lipinski definition) is 1. The fourth-order valence-electron chi connectivity index (χ4n) is 4.57. The van der Waals surface area contributed by atoms with Gasteiger partial charge < -0.3 is 17.3 Å². The van der Waals surface area contributed by atoms with E-state index in [2.05, 4.69) is 32.3 Å². The van der Waals surface area contributed by atoms with Gasteiger partial charge in [0.15, 0.2) is 0 Å². The summed E-state index contributed by atoms with van der Waals surface area (Å²) in [6.45, 7) is 1.30. The van der Waals surface area contributed by atoms with Crippen molar-refractivity contribution in [2.45, 2.75) is 31.6 Å². The lowest BCUT2D eigenvalue weighted by Crippen LogP contribution is -3.06. The zero-order chi connectivity index (χ0) is 13.4. The van der Waals surface area contributed by atoms with Crippen molar-refractivity contribution >= 4 is 11.6 Å². The molecule has 0 aromatic heterocycles. The van der Waals surface area contributed by atoms with Gasteiger partial charge in [-0.1, -0.05) is 23.7 Å². The van der Waals surface area contributed by atoms with Crippen LogP contribution in [0.2, 0.25) is 5.02 Å². The highest BCUT2D eigenvalue weighted by Gasteiger charge is 2.45. The largest absolute Gasteiger partial charge is 1.00 e. The van der Waals surface area contributed by atoms with Gasteiger partial charge in [-0.05, 0) is 61.1 Å². The number of fused-ring (bicyclic) bond motifs is 3. The quantitative estimate of drug-likeness (QED) is 0.802. The third-order valence-electron chi connectivity index (χ3n) is 5.27. The predicted octanol–water partition coefficient (Wildman–Crippen LogP) is 0.00830. The van der Waals surface area contributed by atoms with Crippen molar-refractivity contribution in [1.82, 2.24) is 0 Å². The first-order chi connectivity index (χ1) is 9.15. The molecule has 3 aliphatic carbocycles. The molecule has 3 saturated carbocycles. The molecule has 0 unspecified atom stereocenters. The fraction of sp³-hybridized carbons (Fsp3) is 0.647. The van der Waals surface area contributed by atoms with E-state index in [1.807, 2.05) is 6.07 Å². The lowest BCUT2D eigenvalue weighted by atomic mass is 9.57. The number of benzene rings is 1. The summed E-state index contributed by atoms with van der Waals surface area (Å²) in [7, 11) is 4.58. The third kappa shape index (κ3) is 3.16. The van der Waals surface area contributed by atoms with Gasteiger partial charge in [0.1, 0.15) is 0 Å². The second-order valence-electron chi connectivity index (χ2n) is 6.83. The van der Waals surface area contributed by atoms with Crippen molar-refractivity contribution in [3.8, 4) is 0 Å². The van der Waals surface area contributed by atoms with Crippen molar-refractivity contribution in [1.29, 1.82) is 0 Å². The maximum atomic E-state index is 6.21. The van der Waals surface area contributed by atoms with Crippen LogP contribution >= 0.6 is 11.6 Å². The highest BCUT2D eigenvalue weighted by molar-refractivity contribution is 6.30. The molecular weight excluding hydrogens is 289 g/mol. The van der Waals surface area contributed by atoms with Crippen LogP contribution in [0.1, 0.15) is 37.2 Å². The van der Waals surface area contributed by atoms with E-state index in [0.717, 1.165) is 28.7 Å². The van der Waals surface area contributed by atoms with Gasteiger partial charge in [-0.15, -0.1) is 0 Å². The van der Waals surface area contributed by atoms with Crippen LogP contribution in [0.4, 0.5) is 0 Å². The molecule has 0 saturated heterocycles. The van der Waals surface area contributed by atoms with Gasteiger partial charge in [-0.2, -0.15) is 0 Å². The Hall–Kier alpha value is -0.240. The molecule has 1 N–H and O–H groups in total. The molecule has 3 heteroatoms. The van der Waals surface area contributed by atoms with E-state index in [9.17, 15) is 0 Å². The Labute approximate surface area is 134 Å². The SMILES string of the molecule is C[NH+](C)C[C@H]1C2CCC(CC2)[C@@H]1c1cccc(Cl)c1.[Cl-]. The van der Waals surface area contributed by atoms with Crippen molar-refractivity contribution in [2.75, 3.05) is 20.6 Å². The molecule has 1 aromatic rings. The van der Waals surface area contributed by atoms with Gasteiger partial charge in [0, 0.05) is 10.9 Å². The zero-order valence-electron chi connectivity index (χ0n) is 12.4. The number of rotatable bonds is 3. The lowest BCUT2D eigenvalue weighted by molar-refractivity contribution is -0.863. The normalized spacial score (nSPS) is 32.2.